The van der Waals surface area contributed by atoms with Gasteiger partial charge in [0, 0.05) is 45.3 Å². The molecule has 0 unspecified atom stereocenters. The van der Waals surface area contributed by atoms with Gasteiger partial charge in [-0.2, -0.15) is 0 Å². The van der Waals surface area contributed by atoms with Gasteiger partial charge < -0.3 is 15.5 Å². The first kappa shape index (κ1) is 20.5. The fourth-order valence-corrected chi connectivity index (χ4v) is 4.27. The fraction of sp³-hybridized carbons (Fsp3) is 0.941. The number of aliphatic imine (C=N–C) groups is 1. The van der Waals surface area contributed by atoms with Crippen LogP contribution in [0.4, 0.5) is 0 Å². The fourth-order valence-electron chi connectivity index (χ4n) is 3.27. The van der Waals surface area contributed by atoms with E-state index in [0.29, 0.717) is 37.1 Å². The van der Waals surface area contributed by atoms with E-state index in [2.05, 4.69) is 39.1 Å². The summed E-state index contributed by atoms with van der Waals surface area (Å²) in [4.78, 5) is 6.70. The van der Waals surface area contributed by atoms with Crippen molar-refractivity contribution in [3.63, 3.8) is 0 Å². The van der Waals surface area contributed by atoms with Gasteiger partial charge in [0.05, 0.1) is 5.75 Å². The predicted octanol–water partition coefficient (Wildman–Crippen LogP) is 0.744. The number of hydrogen-bond donors (Lipinski definition) is 3. The number of sulfonamides is 1. The van der Waals surface area contributed by atoms with E-state index in [1.165, 1.54) is 6.42 Å². The van der Waals surface area contributed by atoms with Crippen molar-refractivity contribution in [2.75, 3.05) is 39.0 Å². The summed E-state index contributed by atoms with van der Waals surface area (Å²) in [6.07, 6.45) is 5.69. The molecule has 7 nitrogen and oxygen atoms in total. The highest BCUT2D eigenvalue weighted by Gasteiger charge is 2.22. The van der Waals surface area contributed by atoms with E-state index in [0.717, 1.165) is 38.8 Å². The van der Waals surface area contributed by atoms with Crippen molar-refractivity contribution in [2.24, 2.45) is 10.9 Å². The Morgan fingerprint density at radius 2 is 1.88 bits per heavy atom. The number of piperidine rings is 1. The lowest BCUT2D eigenvalue weighted by Gasteiger charge is -2.35. The Bertz CT molecular complexity index is 523. The molecule has 0 aromatic carbocycles. The molecule has 25 heavy (non-hydrogen) atoms. The first-order valence-corrected chi connectivity index (χ1v) is 11.2. The molecule has 1 aliphatic carbocycles. The van der Waals surface area contributed by atoms with Gasteiger partial charge in [0.15, 0.2) is 5.96 Å². The summed E-state index contributed by atoms with van der Waals surface area (Å²) in [6, 6.07) is 0.991. The summed E-state index contributed by atoms with van der Waals surface area (Å²) in [5.74, 6) is 1.30. The molecule has 2 fully saturated rings. The summed E-state index contributed by atoms with van der Waals surface area (Å²) in [7, 11) is -1.48. The molecule has 1 saturated carbocycles. The van der Waals surface area contributed by atoms with E-state index >= 15 is 0 Å². The van der Waals surface area contributed by atoms with Crippen LogP contribution in [0.5, 0.6) is 0 Å². The highest BCUT2D eigenvalue weighted by Crippen LogP contribution is 2.25. The molecule has 2 rings (SSSR count). The minimum Gasteiger partial charge on any atom is -0.355 e. The monoisotopic (exact) mass is 373 g/mol. The molecule has 0 amide bonds. The van der Waals surface area contributed by atoms with Crippen LogP contribution in [0.3, 0.4) is 0 Å². The maximum atomic E-state index is 12.0. The van der Waals surface area contributed by atoms with Crippen LogP contribution in [0, 0.1) is 5.92 Å². The molecule has 0 radical (unpaired) electrons. The average Bonchev–Trinajstić information content (AvgIpc) is 2.52. The third kappa shape index (κ3) is 7.11. The van der Waals surface area contributed by atoms with Crippen molar-refractivity contribution in [1.82, 2.24) is 20.3 Å². The zero-order chi connectivity index (χ0) is 18.3. The normalized spacial score (nSPS) is 21.4. The number of likely N-dealkylation sites (tertiary alicyclic amines) is 1. The Kier molecular flexibility index (Phi) is 7.96. The molecular weight excluding hydrogens is 338 g/mol. The van der Waals surface area contributed by atoms with Crippen LogP contribution in [-0.2, 0) is 10.0 Å². The Morgan fingerprint density at radius 3 is 2.40 bits per heavy atom. The predicted molar refractivity (Wildman–Crippen MR) is 103 cm³/mol. The van der Waals surface area contributed by atoms with Crippen LogP contribution >= 0.6 is 0 Å². The topological polar surface area (TPSA) is 85.8 Å². The summed E-state index contributed by atoms with van der Waals surface area (Å²) in [5, 5.41) is 6.55. The molecule has 146 valence electrons. The second-order valence-electron chi connectivity index (χ2n) is 7.51. The van der Waals surface area contributed by atoms with Crippen molar-refractivity contribution < 1.29 is 8.42 Å². The molecule has 8 heteroatoms. The largest absolute Gasteiger partial charge is 0.355 e. The molecule has 3 N–H and O–H groups in total. The van der Waals surface area contributed by atoms with E-state index in [9.17, 15) is 8.42 Å². The quantitative estimate of drug-likeness (QED) is 0.432. The van der Waals surface area contributed by atoms with Gasteiger partial charge in [0.1, 0.15) is 0 Å². The smallest absolute Gasteiger partial charge is 0.213 e. The maximum absolute atomic E-state index is 12.0. The van der Waals surface area contributed by atoms with E-state index in [1.807, 2.05) is 0 Å². The molecule has 2 aliphatic rings. The van der Waals surface area contributed by atoms with Crippen LogP contribution < -0.4 is 15.4 Å². The summed E-state index contributed by atoms with van der Waals surface area (Å²) in [6.45, 7) is 7.59. The molecule has 1 saturated heterocycles. The zero-order valence-electron chi connectivity index (χ0n) is 15.9. The first-order chi connectivity index (χ1) is 11.9. The van der Waals surface area contributed by atoms with Crippen molar-refractivity contribution >= 4 is 16.0 Å². The lowest BCUT2D eigenvalue weighted by atomic mass is 9.86. The molecular formula is C17H35N5O2S. The average molecular weight is 374 g/mol. The van der Waals surface area contributed by atoms with Crippen LogP contribution in [0.25, 0.3) is 0 Å². The van der Waals surface area contributed by atoms with E-state index in [1.54, 1.807) is 7.05 Å². The number of hydrogen-bond acceptors (Lipinski definition) is 4. The highest BCUT2D eigenvalue weighted by molar-refractivity contribution is 7.89. The van der Waals surface area contributed by atoms with Gasteiger partial charge >= 0.3 is 0 Å². The molecule has 0 bridgehead atoms. The molecule has 0 aromatic heterocycles. The van der Waals surface area contributed by atoms with Crippen molar-refractivity contribution in [2.45, 2.75) is 58.0 Å². The van der Waals surface area contributed by atoms with Crippen LogP contribution in [-0.4, -0.2) is 70.3 Å². The van der Waals surface area contributed by atoms with E-state index in [-0.39, 0.29) is 5.75 Å². The molecule has 1 heterocycles. The van der Waals surface area contributed by atoms with E-state index in [4.69, 9.17) is 0 Å². The third-order valence-electron chi connectivity index (χ3n) is 5.30. The Labute approximate surface area is 153 Å². The summed E-state index contributed by atoms with van der Waals surface area (Å²) < 4.78 is 26.8. The molecule has 0 aromatic rings. The SMILES string of the molecule is CN=C(NCCS(=O)(=O)NCC1CCC1)NC1CCN(C(C)C)CC1. The van der Waals surface area contributed by atoms with E-state index < -0.39 is 10.0 Å². The molecule has 0 atom stereocenters. The number of rotatable bonds is 8. The van der Waals surface area contributed by atoms with Crippen LogP contribution in [0.15, 0.2) is 4.99 Å². The van der Waals surface area contributed by atoms with Crippen LogP contribution in [0.2, 0.25) is 0 Å². The minimum atomic E-state index is -3.21. The zero-order valence-corrected chi connectivity index (χ0v) is 16.7. The number of nitrogens with zero attached hydrogens (tertiary/aromatic N) is 2. The lowest BCUT2D eigenvalue weighted by Crippen LogP contribution is -2.50. The van der Waals surface area contributed by atoms with Crippen molar-refractivity contribution in [1.29, 1.82) is 0 Å². The van der Waals surface area contributed by atoms with Crippen LogP contribution in [0.1, 0.15) is 46.0 Å². The molecule has 0 spiro atoms. The standard InChI is InChI=1S/C17H35N5O2S/c1-14(2)22-10-7-16(8-11-22)21-17(18-3)19-9-12-25(23,24)20-13-15-5-4-6-15/h14-16,20H,4-13H2,1-3H3,(H2,18,19,21). The second kappa shape index (κ2) is 9.73. The second-order valence-corrected chi connectivity index (χ2v) is 9.44. The van der Waals surface area contributed by atoms with Crippen molar-refractivity contribution in [3.8, 4) is 0 Å². The summed E-state index contributed by atoms with van der Waals surface area (Å²) >= 11 is 0. The Morgan fingerprint density at radius 1 is 1.20 bits per heavy atom. The summed E-state index contributed by atoms with van der Waals surface area (Å²) in [5.41, 5.74) is 0. The third-order valence-corrected chi connectivity index (χ3v) is 6.65. The number of nitrogens with one attached hydrogen (secondary N) is 3. The lowest BCUT2D eigenvalue weighted by molar-refractivity contribution is 0.167. The number of guanidine groups is 1. The van der Waals surface area contributed by atoms with Crippen molar-refractivity contribution in [3.05, 3.63) is 0 Å². The van der Waals surface area contributed by atoms with Gasteiger partial charge in [0.2, 0.25) is 10.0 Å². The van der Waals surface area contributed by atoms with Gasteiger partial charge in [-0.15, -0.1) is 0 Å². The van der Waals surface area contributed by atoms with Gasteiger partial charge in [0.25, 0.3) is 0 Å². The van der Waals surface area contributed by atoms with Gasteiger partial charge in [-0.05, 0) is 45.4 Å². The molecule has 1 aliphatic heterocycles. The van der Waals surface area contributed by atoms with Gasteiger partial charge in [-0.1, -0.05) is 6.42 Å². The Hall–Kier alpha value is -0.860. The minimum absolute atomic E-state index is 0.0756. The maximum Gasteiger partial charge on any atom is 0.213 e. The Balaban J connectivity index is 1.64. The van der Waals surface area contributed by atoms with Gasteiger partial charge in [-0.25, -0.2) is 13.1 Å². The first-order valence-electron chi connectivity index (χ1n) is 9.58. The van der Waals surface area contributed by atoms with Gasteiger partial charge in [-0.3, -0.25) is 4.99 Å². The highest BCUT2D eigenvalue weighted by atomic mass is 32.2.